The molecule has 0 atom stereocenters. The summed E-state index contributed by atoms with van der Waals surface area (Å²) in [4.78, 5) is 5.90. The number of nitrogens with one attached hydrogen (secondary N) is 1. The topological polar surface area (TPSA) is 34.6 Å². The normalized spacial score (nSPS) is 16.3. The Morgan fingerprint density at radius 2 is 1.62 bits per heavy atom. The number of fused-ring (bicyclic) bond motifs is 1. The second-order valence-electron chi connectivity index (χ2n) is 6.33. The lowest BCUT2D eigenvalue weighted by molar-refractivity contribution is 0.159. The number of para-hydroxylation sites is 1. The lowest BCUT2D eigenvalue weighted by atomic mass is 10.1. The van der Waals surface area contributed by atoms with Crippen molar-refractivity contribution in [3.63, 3.8) is 0 Å². The van der Waals surface area contributed by atoms with E-state index in [4.69, 9.17) is 5.10 Å². The predicted octanol–water partition coefficient (Wildman–Crippen LogP) is 3.42. The predicted molar refractivity (Wildman–Crippen MR) is 100 cm³/mol. The summed E-state index contributed by atoms with van der Waals surface area (Å²) in [5, 5.41) is 8.14. The summed E-state index contributed by atoms with van der Waals surface area (Å²) < 4.78 is 0. The number of hydrazone groups is 1. The van der Waals surface area contributed by atoms with E-state index >= 15 is 0 Å². The van der Waals surface area contributed by atoms with E-state index in [-0.39, 0.29) is 0 Å². The van der Waals surface area contributed by atoms with Crippen LogP contribution in [0.15, 0.2) is 59.7 Å². The zero-order valence-electron chi connectivity index (χ0n) is 13.9. The maximum atomic E-state index is 4.76. The number of aromatic nitrogens is 1. The minimum Gasteiger partial charge on any atom is -0.354 e. The molecular weight excluding hydrogens is 296 g/mol. The molecule has 1 fully saturated rings. The molecule has 1 N–H and O–H groups in total. The number of hydrogen-bond acceptors (Lipinski definition) is 3. The van der Waals surface area contributed by atoms with E-state index in [1.165, 1.54) is 10.9 Å². The van der Waals surface area contributed by atoms with Crippen LogP contribution in [0, 0.1) is 0 Å². The molecule has 1 saturated heterocycles. The number of hydrogen-bond donors (Lipinski definition) is 1. The third-order valence-electron chi connectivity index (χ3n) is 4.64. The SMILES string of the molecule is CN1CCN(/N=C\c2c(-c3ccccc3)[nH]c3ccccc23)CC1. The third kappa shape index (κ3) is 2.93. The number of nitrogens with zero attached hydrogens (tertiary/aromatic N) is 3. The molecule has 0 spiro atoms. The van der Waals surface area contributed by atoms with Crippen LogP contribution in [0.3, 0.4) is 0 Å². The van der Waals surface area contributed by atoms with E-state index in [9.17, 15) is 0 Å². The van der Waals surface area contributed by atoms with Gasteiger partial charge in [-0.05, 0) is 18.7 Å². The maximum Gasteiger partial charge on any atom is 0.0570 e. The first kappa shape index (κ1) is 15.0. The average Bonchev–Trinajstić information content (AvgIpc) is 3.01. The van der Waals surface area contributed by atoms with Crippen LogP contribution in [-0.2, 0) is 0 Å². The number of H-pyrrole nitrogens is 1. The van der Waals surface area contributed by atoms with Crippen molar-refractivity contribution in [3.8, 4) is 11.3 Å². The fourth-order valence-corrected chi connectivity index (χ4v) is 3.18. The van der Waals surface area contributed by atoms with Gasteiger partial charge in [0.15, 0.2) is 0 Å². The molecule has 122 valence electrons. The molecule has 1 aliphatic heterocycles. The third-order valence-corrected chi connectivity index (χ3v) is 4.64. The number of benzene rings is 2. The van der Waals surface area contributed by atoms with Crippen molar-refractivity contribution in [1.82, 2.24) is 14.9 Å². The highest BCUT2D eigenvalue weighted by Gasteiger charge is 2.14. The van der Waals surface area contributed by atoms with Gasteiger partial charge in [-0.25, -0.2) is 0 Å². The maximum absolute atomic E-state index is 4.76. The molecule has 4 heteroatoms. The van der Waals surface area contributed by atoms with Gasteiger partial charge in [-0.1, -0.05) is 48.5 Å². The Hall–Kier alpha value is -2.59. The van der Waals surface area contributed by atoms with Gasteiger partial charge in [-0.15, -0.1) is 0 Å². The number of piperazine rings is 1. The Morgan fingerprint density at radius 1 is 0.917 bits per heavy atom. The van der Waals surface area contributed by atoms with Gasteiger partial charge in [0.1, 0.15) is 0 Å². The van der Waals surface area contributed by atoms with Crippen LogP contribution in [0.2, 0.25) is 0 Å². The molecule has 0 aliphatic carbocycles. The average molecular weight is 318 g/mol. The number of likely N-dealkylation sites (N-methyl/N-ethyl adjacent to an activating group) is 1. The molecule has 0 radical (unpaired) electrons. The summed E-state index contributed by atoms with van der Waals surface area (Å²) in [6, 6.07) is 18.9. The Labute approximate surface area is 142 Å². The fourth-order valence-electron chi connectivity index (χ4n) is 3.18. The van der Waals surface area contributed by atoms with Crippen LogP contribution in [-0.4, -0.2) is 54.3 Å². The lowest BCUT2D eigenvalue weighted by Gasteiger charge is -2.30. The first-order valence-corrected chi connectivity index (χ1v) is 8.45. The van der Waals surface area contributed by atoms with Gasteiger partial charge in [0.2, 0.25) is 0 Å². The molecule has 4 nitrogen and oxygen atoms in total. The summed E-state index contributed by atoms with van der Waals surface area (Å²) in [5.41, 5.74) is 4.63. The van der Waals surface area contributed by atoms with Crippen molar-refractivity contribution >= 4 is 17.1 Å². The number of rotatable bonds is 3. The Morgan fingerprint density at radius 3 is 2.42 bits per heavy atom. The lowest BCUT2D eigenvalue weighted by Crippen LogP contribution is -2.41. The molecule has 1 aliphatic rings. The summed E-state index contributed by atoms with van der Waals surface area (Å²) in [7, 11) is 2.16. The van der Waals surface area contributed by atoms with Gasteiger partial charge in [0.25, 0.3) is 0 Å². The summed E-state index contributed by atoms with van der Waals surface area (Å²) in [5.74, 6) is 0. The standard InChI is InChI=1S/C20H22N4/c1-23-11-13-24(14-12-23)21-15-18-17-9-5-6-10-19(17)22-20(18)16-7-3-2-4-8-16/h2-10,15,22H,11-14H2,1H3/b21-15-. The molecule has 1 aromatic heterocycles. The van der Waals surface area contributed by atoms with Gasteiger partial charge >= 0.3 is 0 Å². The molecular formula is C20H22N4. The van der Waals surface area contributed by atoms with Crippen molar-refractivity contribution < 1.29 is 0 Å². The van der Waals surface area contributed by atoms with Crippen molar-refractivity contribution in [2.24, 2.45) is 5.10 Å². The fraction of sp³-hybridized carbons (Fsp3) is 0.250. The van der Waals surface area contributed by atoms with Gasteiger partial charge in [-0.3, -0.25) is 5.01 Å². The summed E-state index contributed by atoms with van der Waals surface area (Å²) in [6.07, 6.45) is 2.02. The van der Waals surface area contributed by atoms with Crippen LogP contribution in [0.4, 0.5) is 0 Å². The van der Waals surface area contributed by atoms with E-state index in [2.05, 4.69) is 70.5 Å². The molecule has 2 heterocycles. The van der Waals surface area contributed by atoms with E-state index in [1.54, 1.807) is 0 Å². The zero-order valence-corrected chi connectivity index (χ0v) is 13.9. The highest BCUT2D eigenvalue weighted by molar-refractivity contribution is 6.05. The minimum atomic E-state index is 0.982. The smallest absolute Gasteiger partial charge is 0.0570 e. The Kier molecular flexibility index (Phi) is 4.05. The minimum absolute atomic E-state index is 0.982. The van der Waals surface area contributed by atoms with Crippen molar-refractivity contribution in [2.45, 2.75) is 0 Å². The van der Waals surface area contributed by atoms with Crippen molar-refractivity contribution in [1.29, 1.82) is 0 Å². The monoisotopic (exact) mass is 318 g/mol. The zero-order chi connectivity index (χ0) is 16.4. The highest BCUT2D eigenvalue weighted by atomic mass is 15.5. The first-order valence-electron chi connectivity index (χ1n) is 8.45. The van der Waals surface area contributed by atoms with Crippen molar-refractivity contribution in [2.75, 3.05) is 33.2 Å². The first-order chi connectivity index (χ1) is 11.8. The molecule has 4 rings (SSSR count). The van der Waals surface area contributed by atoms with E-state index < -0.39 is 0 Å². The van der Waals surface area contributed by atoms with Crippen LogP contribution >= 0.6 is 0 Å². The Balaban J connectivity index is 1.73. The molecule has 3 aromatic rings. The summed E-state index contributed by atoms with van der Waals surface area (Å²) >= 11 is 0. The molecule has 24 heavy (non-hydrogen) atoms. The Bertz CT molecular complexity index is 842. The number of aromatic amines is 1. The molecule has 0 saturated carbocycles. The molecule has 0 bridgehead atoms. The van der Waals surface area contributed by atoms with E-state index in [0.29, 0.717) is 0 Å². The van der Waals surface area contributed by atoms with Gasteiger partial charge in [0.05, 0.1) is 11.9 Å². The molecule has 0 unspecified atom stereocenters. The van der Waals surface area contributed by atoms with Crippen LogP contribution in [0.1, 0.15) is 5.56 Å². The second-order valence-corrected chi connectivity index (χ2v) is 6.33. The molecule has 2 aromatic carbocycles. The highest BCUT2D eigenvalue weighted by Crippen LogP contribution is 2.29. The van der Waals surface area contributed by atoms with Crippen LogP contribution in [0.5, 0.6) is 0 Å². The summed E-state index contributed by atoms with van der Waals surface area (Å²) in [6.45, 7) is 4.10. The van der Waals surface area contributed by atoms with Gasteiger partial charge < -0.3 is 9.88 Å². The van der Waals surface area contributed by atoms with Gasteiger partial charge in [-0.2, -0.15) is 5.10 Å². The van der Waals surface area contributed by atoms with Crippen LogP contribution < -0.4 is 0 Å². The largest absolute Gasteiger partial charge is 0.354 e. The van der Waals surface area contributed by atoms with E-state index in [0.717, 1.165) is 43.0 Å². The van der Waals surface area contributed by atoms with Gasteiger partial charge in [0, 0.05) is 42.6 Å². The van der Waals surface area contributed by atoms with Crippen molar-refractivity contribution in [3.05, 3.63) is 60.2 Å². The quantitative estimate of drug-likeness (QED) is 0.751. The second kappa shape index (κ2) is 6.49. The molecule has 0 amide bonds. The van der Waals surface area contributed by atoms with Crippen LogP contribution in [0.25, 0.3) is 22.2 Å². The van der Waals surface area contributed by atoms with E-state index in [1.807, 2.05) is 12.3 Å².